The molecule has 4 aromatic rings. The van der Waals surface area contributed by atoms with E-state index < -0.39 is 112 Å². The summed E-state index contributed by atoms with van der Waals surface area (Å²) in [7, 11) is 0. The minimum absolute atomic E-state index is 0.149. The maximum Gasteiger partial charge on any atom is 0.192 e. The normalized spacial score (nSPS) is 34.9. The molecule has 30 heteroatoms. The first kappa shape index (κ1) is 44.9. The summed E-state index contributed by atoms with van der Waals surface area (Å²) in [6, 6.07) is 0. The van der Waals surface area contributed by atoms with Crippen LogP contribution in [0.1, 0.15) is 35.8 Å². The third-order valence-corrected chi connectivity index (χ3v) is 12.3. The lowest BCUT2D eigenvalue weighted by molar-refractivity contribution is -0.254. The highest BCUT2D eigenvalue weighted by Crippen LogP contribution is 2.33. The van der Waals surface area contributed by atoms with Crippen molar-refractivity contribution >= 4 is 35.3 Å². The van der Waals surface area contributed by atoms with E-state index in [9.17, 15) is 61.3 Å². The first-order valence-corrected chi connectivity index (χ1v) is 21.0. The van der Waals surface area contributed by atoms with Gasteiger partial charge in [-0.2, -0.15) is 15.0 Å². The van der Waals surface area contributed by atoms with Crippen molar-refractivity contribution in [2.75, 3.05) is 19.8 Å². The molecular formula is C30H42N12O15S3. The number of ether oxygens (including phenoxy) is 3. The first-order chi connectivity index (χ1) is 28.8. The molecule has 7 rings (SSSR count). The number of nitrogens with zero attached hydrogens (tertiary/aromatic N) is 12. The number of hydrogen-bond donors (Lipinski definition) is 12. The monoisotopic (exact) mass is 906 g/mol. The Balaban J connectivity index is 1.06. The van der Waals surface area contributed by atoms with Gasteiger partial charge in [0.2, 0.25) is 0 Å². The molecule has 4 aromatic heterocycles. The second-order valence-corrected chi connectivity index (χ2v) is 16.6. The Kier molecular flexibility index (Phi) is 14.6. The van der Waals surface area contributed by atoms with E-state index in [0.29, 0.717) is 17.1 Å². The molecule has 3 aliphatic heterocycles. The van der Waals surface area contributed by atoms with E-state index >= 15 is 0 Å². The Morgan fingerprint density at radius 2 is 0.683 bits per heavy atom. The minimum atomic E-state index is -1.62. The second-order valence-electron chi connectivity index (χ2n) is 13.8. The fourth-order valence-electron chi connectivity index (χ4n) is 6.34. The van der Waals surface area contributed by atoms with E-state index in [2.05, 4.69) is 45.9 Å². The van der Waals surface area contributed by atoms with Crippen molar-refractivity contribution in [3.63, 3.8) is 0 Å². The van der Waals surface area contributed by atoms with Crippen LogP contribution in [0.3, 0.4) is 0 Å². The summed E-state index contributed by atoms with van der Waals surface area (Å²) in [5, 5.41) is 146. The van der Waals surface area contributed by atoms with Crippen LogP contribution in [0.25, 0.3) is 0 Å². The van der Waals surface area contributed by atoms with Crippen molar-refractivity contribution in [3.05, 3.63) is 35.7 Å². The van der Waals surface area contributed by atoms with Gasteiger partial charge in [0.15, 0.2) is 34.2 Å². The number of rotatable bonds is 15. The van der Waals surface area contributed by atoms with Gasteiger partial charge in [-0.1, -0.05) is 50.9 Å². The van der Waals surface area contributed by atoms with Gasteiger partial charge in [0.05, 0.1) is 55.5 Å². The summed E-state index contributed by atoms with van der Waals surface area (Å²) in [6.07, 6.45) is -17.1. The van der Waals surface area contributed by atoms with E-state index in [1.807, 2.05) is 0 Å². The van der Waals surface area contributed by atoms with Crippen LogP contribution < -0.4 is 0 Å². The average molecular weight is 907 g/mol. The van der Waals surface area contributed by atoms with Crippen LogP contribution in [-0.2, 0) is 31.5 Å². The molecule has 0 bridgehead atoms. The van der Waals surface area contributed by atoms with Crippen LogP contribution >= 0.6 is 35.3 Å². The molecule has 330 valence electrons. The van der Waals surface area contributed by atoms with Gasteiger partial charge < -0.3 is 75.5 Å². The maximum absolute atomic E-state index is 10.5. The van der Waals surface area contributed by atoms with Crippen molar-refractivity contribution in [1.29, 1.82) is 0 Å². The summed E-state index contributed by atoms with van der Waals surface area (Å²) < 4.78 is 20.1. The van der Waals surface area contributed by atoms with E-state index in [0.717, 1.165) is 49.3 Å². The Morgan fingerprint density at radius 1 is 0.417 bits per heavy atom. The van der Waals surface area contributed by atoms with Crippen molar-refractivity contribution in [2.24, 2.45) is 0 Å². The third-order valence-electron chi connectivity index (χ3n) is 9.68. The van der Waals surface area contributed by atoms with Gasteiger partial charge in [0, 0.05) is 17.3 Å². The number of aromatic nitrogens is 12. The predicted octanol–water partition coefficient (Wildman–Crippen LogP) is -6.56. The van der Waals surface area contributed by atoms with E-state index in [4.69, 9.17) is 14.2 Å². The number of aliphatic hydroxyl groups excluding tert-OH is 12. The molecule has 3 aliphatic rings. The quantitative estimate of drug-likeness (QED) is 0.0493. The van der Waals surface area contributed by atoms with Crippen LogP contribution in [0, 0.1) is 0 Å². The molecule has 27 nitrogen and oxygen atoms in total. The van der Waals surface area contributed by atoms with Gasteiger partial charge in [-0.05, 0) is 0 Å². The SMILES string of the molecule is OC[C@H]1O[C@@H](n2cc(CSc3nc(SCc4cn([C@@H]5O[C@H](CO)[C@@H](O)[C@H](O)[C@H]5O)nn4)nc(SCc4cn([C@@H]5O[C@H](CO)[C@@H](O)[C@H](O)[C@H]5O)nn4)n3)nn2)[C@H](O)[C@@H](O)[C@@H]1O. The van der Waals surface area contributed by atoms with Crippen molar-refractivity contribution in [1.82, 2.24) is 59.9 Å². The van der Waals surface area contributed by atoms with Gasteiger partial charge in [0.1, 0.15) is 73.2 Å². The highest BCUT2D eigenvalue weighted by Gasteiger charge is 2.47. The Bertz CT molecular complexity index is 1780. The molecule has 0 aromatic carbocycles. The summed E-state index contributed by atoms with van der Waals surface area (Å²) in [5.74, 6) is 0.448. The molecule has 15 atom stereocenters. The Morgan fingerprint density at radius 3 is 0.933 bits per heavy atom. The molecule has 12 N–H and O–H groups in total. The largest absolute Gasteiger partial charge is 0.394 e. The molecule has 0 amide bonds. The van der Waals surface area contributed by atoms with Crippen LogP contribution in [-0.4, -0.2) is 214 Å². The van der Waals surface area contributed by atoms with Crippen LogP contribution in [0.2, 0.25) is 0 Å². The molecule has 0 spiro atoms. The van der Waals surface area contributed by atoms with E-state index in [1.165, 1.54) is 18.6 Å². The lowest BCUT2D eigenvalue weighted by atomic mass is 9.98. The molecule has 0 unspecified atom stereocenters. The highest BCUT2D eigenvalue weighted by molar-refractivity contribution is 7.99. The van der Waals surface area contributed by atoms with Gasteiger partial charge >= 0.3 is 0 Å². The van der Waals surface area contributed by atoms with Crippen LogP contribution in [0.4, 0.5) is 0 Å². The van der Waals surface area contributed by atoms with Crippen molar-refractivity contribution in [2.45, 2.75) is 125 Å². The Hall–Kier alpha value is -3.12. The van der Waals surface area contributed by atoms with Gasteiger partial charge in [-0.15, -0.1) is 15.3 Å². The molecule has 7 heterocycles. The first-order valence-electron chi connectivity index (χ1n) is 18.1. The second kappa shape index (κ2) is 19.5. The third kappa shape index (κ3) is 9.59. The fourth-order valence-corrected chi connectivity index (χ4v) is 8.65. The topological polar surface area (TPSA) is 401 Å². The number of aliphatic hydroxyl groups is 12. The Labute approximate surface area is 350 Å². The maximum atomic E-state index is 10.5. The smallest absolute Gasteiger partial charge is 0.192 e. The van der Waals surface area contributed by atoms with Crippen molar-refractivity contribution in [3.8, 4) is 0 Å². The molecular weight excluding hydrogens is 865 g/mol. The van der Waals surface area contributed by atoms with Gasteiger partial charge in [-0.3, -0.25) is 0 Å². The van der Waals surface area contributed by atoms with Crippen LogP contribution in [0.5, 0.6) is 0 Å². The van der Waals surface area contributed by atoms with Gasteiger partial charge in [-0.25, -0.2) is 14.0 Å². The average Bonchev–Trinajstić information content (AvgIpc) is 4.04. The summed E-state index contributed by atoms with van der Waals surface area (Å²) in [4.78, 5) is 13.6. The number of thioether (sulfide) groups is 3. The van der Waals surface area contributed by atoms with E-state index in [1.54, 1.807) is 0 Å². The van der Waals surface area contributed by atoms with Crippen LogP contribution in [0.15, 0.2) is 34.1 Å². The lowest BCUT2D eigenvalue weighted by Gasteiger charge is -2.39. The predicted molar refractivity (Wildman–Crippen MR) is 196 cm³/mol. The summed E-state index contributed by atoms with van der Waals surface area (Å²) >= 11 is 3.43. The minimum Gasteiger partial charge on any atom is -0.394 e. The van der Waals surface area contributed by atoms with Gasteiger partial charge in [0.25, 0.3) is 0 Å². The van der Waals surface area contributed by atoms with E-state index in [-0.39, 0.29) is 32.7 Å². The molecule has 0 saturated carbocycles. The highest BCUT2D eigenvalue weighted by atomic mass is 32.2. The molecule has 60 heavy (non-hydrogen) atoms. The molecule has 0 aliphatic carbocycles. The summed E-state index contributed by atoms with van der Waals surface area (Å²) in [6.45, 7) is -1.86. The zero-order valence-corrected chi connectivity index (χ0v) is 33.3. The molecule has 3 saturated heterocycles. The van der Waals surface area contributed by atoms with Crippen molar-refractivity contribution < 1.29 is 75.5 Å². The zero-order valence-electron chi connectivity index (χ0n) is 30.8. The molecule has 3 fully saturated rings. The standard InChI is InChI=1S/C30H42N12O15S3/c43-4-13-16(46)19(49)22(52)25(55-13)40-1-10(34-37-40)7-58-28-31-29(59-8-11-2-41(38-35-11)26-23(53)20(50)17(47)14(5-44)56-26)33-30(32-28)60-9-12-3-42(39-36-12)27-24(54)21(51)18(48)15(6-45)57-27/h1-3,13-27,43-54H,4-9H2/t13-,14-,15-,16-,17-,18-,19+,20+,21+,22-,23-,24-,25-,26-,27-/m1/s1. The zero-order chi connectivity index (χ0) is 42.8. The molecule has 0 radical (unpaired) electrons. The fraction of sp³-hybridized carbons (Fsp3) is 0.700. The lowest BCUT2D eigenvalue weighted by Crippen LogP contribution is -2.56. The summed E-state index contributed by atoms with van der Waals surface area (Å²) in [5.41, 5.74) is 1.15. The number of hydrogen-bond acceptors (Lipinski definition) is 27.